The molecule has 0 aliphatic carbocycles. The highest BCUT2D eigenvalue weighted by atomic mass is 28.4. The molecule has 0 radical (unpaired) electrons. The second-order valence-corrected chi connectivity index (χ2v) is 10.7. The molecule has 0 bridgehead atoms. The highest BCUT2D eigenvalue weighted by Gasteiger charge is 2.52. The van der Waals surface area contributed by atoms with Crippen molar-refractivity contribution in [2.45, 2.75) is 25.8 Å². The van der Waals surface area contributed by atoms with E-state index in [1.54, 1.807) is 0 Å². The van der Waals surface area contributed by atoms with E-state index >= 15 is 0 Å². The van der Waals surface area contributed by atoms with Crippen LogP contribution in [0.15, 0.2) is 60.7 Å². The molecule has 116 valence electrons. The van der Waals surface area contributed by atoms with Crippen molar-refractivity contribution >= 4 is 25.1 Å². The quantitative estimate of drug-likeness (QED) is 0.217. The molecule has 0 spiro atoms. The number of nitrogens with zero attached hydrogens (tertiary/aromatic N) is 1. The molecule has 0 saturated heterocycles. The van der Waals surface area contributed by atoms with Gasteiger partial charge in [0.05, 0.1) is 0 Å². The summed E-state index contributed by atoms with van der Waals surface area (Å²) in [4.78, 5) is 0. The fourth-order valence-corrected chi connectivity index (χ4v) is 7.17. The smallest absolute Gasteiger partial charge is 0.326 e. The Labute approximate surface area is 133 Å². The van der Waals surface area contributed by atoms with Crippen molar-refractivity contribution in [3.05, 3.63) is 65.9 Å². The second kappa shape index (κ2) is 6.36. The Balaban J connectivity index is 2.73. The van der Waals surface area contributed by atoms with Crippen molar-refractivity contribution in [2.24, 2.45) is 0 Å². The van der Waals surface area contributed by atoms with Crippen LogP contribution in [0.2, 0.25) is 5.04 Å². The molecule has 0 fully saturated rings. The van der Waals surface area contributed by atoms with Gasteiger partial charge >= 0.3 is 14.7 Å². The molecule has 4 heteroatoms. The molecular formula is C18H23NO2Si. The molecule has 0 saturated carbocycles. The van der Waals surface area contributed by atoms with Gasteiger partial charge in [0.15, 0.2) is 0 Å². The molecule has 0 aromatic heterocycles. The summed E-state index contributed by atoms with van der Waals surface area (Å²) in [5, 5.41) is 13.6. The predicted molar refractivity (Wildman–Crippen MR) is 94.3 cm³/mol. The number of hydroxylamine groups is 1. The lowest BCUT2D eigenvalue weighted by atomic mass is 10.2. The first-order chi connectivity index (χ1) is 10.4. The summed E-state index contributed by atoms with van der Waals surface area (Å²) in [7, 11) is -1.17. The molecule has 0 unspecified atom stereocenters. The SMILES string of the molecule is C[N+]([O-])=CO[Si](c1ccccc1)(c1ccccc1)C(C)(C)C. The van der Waals surface area contributed by atoms with E-state index in [1.807, 2.05) is 36.4 Å². The third kappa shape index (κ3) is 3.07. The number of hydrogen-bond donors (Lipinski definition) is 0. The van der Waals surface area contributed by atoms with Gasteiger partial charge in [-0.15, -0.1) is 0 Å². The molecule has 0 N–H and O–H groups in total. The largest absolute Gasteiger partial charge is 0.622 e. The minimum absolute atomic E-state index is 0.123. The van der Waals surface area contributed by atoms with Crippen LogP contribution in [-0.2, 0) is 4.43 Å². The van der Waals surface area contributed by atoms with Crippen LogP contribution in [0.25, 0.3) is 0 Å². The summed E-state index contributed by atoms with van der Waals surface area (Å²) in [6, 6.07) is 20.5. The Morgan fingerprint density at radius 2 is 1.32 bits per heavy atom. The van der Waals surface area contributed by atoms with E-state index in [0.29, 0.717) is 0 Å². The molecule has 22 heavy (non-hydrogen) atoms. The maximum Gasteiger partial charge on any atom is 0.326 e. The van der Waals surface area contributed by atoms with Crippen LogP contribution in [0.4, 0.5) is 0 Å². The fourth-order valence-electron chi connectivity index (χ4n) is 2.84. The van der Waals surface area contributed by atoms with Crippen molar-refractivity contribution < 1.29 is 9.16 Å². The Kier molecular flexibility index (Phi) is 4.71. The Bertz CT molecular complexity index is 590. The first-order valence-corrected chi connectivity index (χ1v) is 9.31. The molecule has 0 amide bonds. The predicted octanol–water partition coefficient (Wildman–Crippen LogP) is 2.73. The van der Waals surface area contributed by atoms with E-state index < -0.39 is 8.32 Å². The van der Waals surface area contributed by atoms with E-state index in [0.717, 1.165) is 15.1 Å². The molecular weight excluding hydrogens is 290 g/mol. The van der Waals surface area contributed by atoms with Gasteiger partial charge in [0.25, 0.3) is 0 Å². The molecule has 2 aromatic rings. The maximum atomic E-state index is 11.4. The average molecular weight is 313 g/mol. The topological polar surface area (TPSA) is 35.3 Å². The average Bonchev–Trinajstić information content (AvgIpc) is 2.48. The zero-order valence-electron chi connectivity index (χ0n) is 13.6. The lowest BCUT2D eigenvalue weighted by molar-refractivity contribution is -0.425. The van der Waals surface area contributed by atoms with Gasteiger partial charge in [0, 0.05) is 0 Å². The van der Waals surface area contributed by atoms with E-state index in [1.165, 1.54) is 13.4 Å². The van der Waals surface area contributed by atoms with Crippen LogP contribution in [0.3, 0.4) is 0 Å². The van der Waals surface area contributed by atoms with Crippen LogP contribution < -0.4 is 10.4 Å². The number of rotatable bonds is 4. The first kappa shape index (κ1) is 16.3. The Hall–Kier alpha value is -2.07. The van der Waals surface area contributed by atoms with Gasteiger partial charge in [-0.1, -0.05) is 81.4 Å². The van der Waals surface area contributed by atoms with Gasteiger partial charge in [-0.05, 0) is 15.4 Å². The van der Waals surface area contributed by atoms with Gasteiger partial charge < -0.3 is 9.63 Å². The zero-order chi connectivity index (χ0) is 16.2. The normalized spacial score (nSPS) is 13.0. The van der Waals surface area contributed by atoms with E-state index in [4.69, 9.17) is 4.43 Å². The molecule has 0 atom stereocenters. The lowest BCUT2D eigenvalue weighted by Crippen LogP contribution is -2.66. The van der Waals surface area contributed by atoms with Gasteiger partial charge in [0.2, 0.25) is 0 Å². The standard InChI is InChI=1S/C18H23NO2Si/c1-18(2,3)22(21-15-19(4)20,16-11-7-5-8-12-16)17-13-9-6-10-14-17/h5-15H,1-4H3. The van der Waals surface area contributed by atoms with Gasteiger partial charge in [0.1, 0.15) is 7.05 Å². The molecule has 3 nitrogen and oxygen atoms in total. The molecule has 0 aliphatic rings. The van der Waals surface area contributed by atoms with Crippen molar-refractivity contribution in [1.29, 1.82) is 0 Å². The fraction of sp³-hybridized carbons (Fsp3) is 0.278. The highest BCUT2D eigenvalue weighted by Crippen LogP contribution is 2.36. The Morgan fingerprint density at radius 3 is 1.64 bits per heavy atom. The zero-order valence-corrected chi connectivity index (χ0v) is 14.6. The third-order valence-corrected chi connectivity index (χ3v) is 8.66. The minimum Gasteiger partial charge on any atom is -0.622 e. The van der Waals surface area contributed by atoms with E-state index in [9.17, 15) is 5.21 Å². The summed E-state index contributed by atoms with van der Waals surface area (Å²) in [6.45, 7) is 6.54. The van der Waals surface area contributed by atoms with Crippen molar-refractivity contribution in [3.63, 3.8) is 0 Å². The van der Waals surface area contributed by atoms with Crippen LogP contribution in [0.5, 0.6) is 0 Å². The third-order valence-electron chi connectivity index (χ3n) is 3.79. The number of hydrogen-bond acceptors (Lipinski definition) is 2. The monoisotopic (exact) mass is 313 g/mol. The van der Waals surface area contributed by atoms with Gasteiger partial charge in [-0.2, -0.15) is 4.74 Å². The van der Waals surface area contributed by atoms with Crippen LogP contribution in [0, 0.1) is 5.21 Å². The van der Waals surface area contributed by atoms with E-state index in [-0.39, 0.29) is 5.04 Å². The summed E-state index contributed by atoms with van der Waals surface area (Å²) in [5.74, 6) is 0. The van der Waals surface area contributed by atoms with Crippen molar-refractivity contribution in [2.75, 3.05) is 7.05 Å². The van der Waals surface area contributed by atoms with Crippen LogP contribution in [0.1, 0.15) is 20.8 Å². The highest BCUT2D eigenvalue weighted by molar-refractivity contribution is 7.00. The van der Waals surface area contributed by atoms with Crippen LogP contribution >= 0.6 is 0 Å². The molecule has 2 rings (SSSR count). The molecule has 2 aromatic carbocycles. The lowest BCUT2D eigenvalue weighted by Gasteiger charge is -2.40. The van der Waals surface area contributed by atoms with Crippen molar-refractivity contribution in [3.8, 4) is 0 Å². The molecule has 0 aliphatic heterocycles. The summed E-state index contributed by atoms with van der Waals surface area (Å²) in [6.07, 6.45) is 1.30. The first-order valence-electron chi connectivity index (χ1n) is 7.40. The van der Waals surface area contributed by atoms with Gasteiger partial charge in [-0.25, -0.2) is 0 Å². The van der Waals surface area contributed by atoms with Gasteiger partial charge in [-0.3, -0.25) is 0 Å². The van der Waals surface area contributed by atoms with E-state index in [2.05, 4.69) is 45.0 Å². The summed E-state index contributed by atoms with van der Waals surface area (Å²) in [5.41, 5.74) is 0. The van der Waals surface area contributed by atoms with Crippen molar-refractivity contribution in [1.82, 2.24) is 0 Å². The summed E-state index contributed by atoms with van der Waals surface area (Å²) < 4.78 is 6.98. The number of benzene rings is 2. The summed E-state index contributed by atoms with van der Waals surface area (Å²) >= 11 is 0. The Morgan fingerprint density at radius 1 is 0.909 bits per heavy atom. The van der Waals surface area contributed by atoms with Crippen LogP contribution in [-0.4, -0.2) is 26.5 Å². The maximum absolute atomic E-state index is 11.4. The molecule has 0 heterocycles. The minimum atomic E-state index is -2.61. The second-order valence-electron chi connectivity index (χ2n) is 6.43.